The molecule has 2 aliphatic heterocycles. The van der Waals surface area contributed by atoms with Crippen LogP contribution in [0.2, 0.25) is 5.02 Å². The SMILES string of the molecule is C[C@@H]1[C@@H](C)C/C=C/[C@@](O)(c2cccnc2)[C@@H]2CCC2(C)CN2C[C@@]3(CCCc4cc(Cl)ccc43)COc3ccc(cc32)C(=O)NS1(=O)=O. The van der Waals surface area contributed by atoms with E-state index in [1.54, 1.807) is 37.5 Å². The molecule has 4 aliphatic rings. The maximum atomic E-state index is 13.6. The van der Waals surface area contributed by atoms with E-state index in [0.717, 1.165) is 48.4 Å². The summed E-state index contributed by atoms with van der Waals surface area (Å²) < 4.78 is 35.9. The standard InChI is InChI=1S/C38H44ClN3O5S/c1-25-7-4-16-38(44,29-9-6-18-40-21-29)34-14-17-36(34,3)22-42-23-37(15-5-8-27-19-30(39)11-12-31(27)37)24-47-33-13-10-28(20-32(33)42)35(43)41-48(45,46)26(25)2/h4,6,9-13,16,18-21,25-26,34,44H,5,7-8,14-15,17,22-24H2,1-3H3,(H,41,43)/b16-4+/t25-,26+,34+,36?,37-,38+/m0/s1. The van der Waals surface area contributed by atoms with Crippen LogP contribution in [0.5, 0.6) is 5.75 Å². The first-order chi connectivity index (χ1) is 22.8. The third kappa shape index (κ3) is 5.71. The highest BCUT2D eigenvalue weighted by molar-refractivity contribution is 7.90. The van der Waals surface area contributed by atoms with Gasteiger partial charge in [0.25, 0.3) is 5.91 Å². The number of sulfonamides is 1. The molecule has 3 heterocycles. The van der Waals surface area contributed by atoms with Crippen LogP contribution < -0.4 is 14.4 Å². The molecule has 6 atom stereocenters. The van der Waals surface area contributed by atoms with Crippen LogP contribution in [0, 0.1) is 17.3 Å². The number of nitrogens with zero attached hydrogens (tertiary/aromatic N) is 2. The number of hydrogen-bond acceptors (Lipinski definition) is 7. The van der Waals surface area contributed by atoms with Crippen molar-refractivity contribution in [2.45, 2.75) is 75.6 Å². The van der Waals surface area contributed by atoms with Crippen molar-refractivity contribution in [2.75, 3.05) is 24.6 Å². The smallest absolute Gasteiger partial charge is 0.264 e. The molecule has 1 amide bonds. The van der Waals surface area contributed by atoms with Gasteiger partial charge in [-0.25, -0.2) is 13.1 Å². The van der Waals surface area contributed by atoms with Gasteiger partial charge in [-0.3, -0.25) is 9.78 Å². The molecule has 1 unspecified atom stereocenters. The average molecular weight is 690 g/mol. The molecule has 1 fully saturated rings. The van der Waals surface area contributed by atoms with E-state index in [2.05, 4.69) is 33.7 Å². The number of aromatic nitrogens is 1. The Morgan fingerprint density at radius 2 is 1.94 bits per heavy atom. The van der Waals surface area contributed by atoms with Crippen molar-refractivity contribution in [3.05, 3.63) is 100 Å². The summed E-state index contributed by atoms with van der Waals surface area (Å²) in [5.41, 5.74) is 2.23. The number of carbonyl (C=O) groups is 1. The number of rotatable bonds is 1. The number of pyridine rings is 1. The quantitative estimate of drug-likeness (QED) is 0.279. The van der Waals surface area contributed by atoms with Crippen LogP contribution in [0.25, 0.3) is 0 Å². The van der Waals surface area contributed by atoms with Crippen LogP contribution in [0.15, 0.2) is 73.1 Å². The van der Waals surface area contributed by atoms with Crippen molar-refractivity contribution < 1.29 is 23.1 Å². The summed E-state index contributed by atoms with van der Waals surface area (Å²) in [6, 6.07) is 15.1. The summed E-state index contributed by atoms with van der Waals surface area (Å²) in [5, 5.41) is 12.5. The first kappa shape index (κ1) is 33.1. The van der Waals surface area contributed by atoms with Crippen LogP contribution >= 0.6 is 11.6 Å². The van der Waals surface area contributed by atoms with Crippen LogP contribution in [0.3, 0.4) is 0 Å². The Morgan fingerprint density at radius 1 is 1.10 bits per heavy atom. The highest BCUT2D eigenvalue weighted by atomic mass is 35.5. The normalized spacial score (nSPS) is 33.6. The monoisotopic (exact) mass is 689 g/mol. The maximum Gasteiger partial charge on any atom is 0.264 e. The van der Waals surface area contributed by atoms with E-state index in [4.69, 9.17) is 16.3 Å². The van der Waals surface area contributed by atoms with E-state index < -0.39 is 26.8 Å². The largest absolute Gasteiger partial charge is 0.490 e. The summed E-state index contributed by atoms with van der Waals surface area (Å²) in [4.78, 5) is 20.2. The molecule has 3 aromatic rings. The van der Waals surface area contributed by atoms with Crippen molar-refractivity contribution in [3.63, 3.8) is 0 Å². The van der Waals surface area contributed by atoms with E-state index >= 15 is 0 Å². The van der Waals surface area contributed by atoms with Crippen molar-refractivity contribution in [1.29, 1.82) is 0 Å². The second kappa shape index (κ2) is 12.2. The van der Waals surface area contributed by atoms with Gasteiger partial charge in [-0.1, -0.05) is 49.7 Å². The minimum absolute atomic E-state index is 0.137. The summed E-state index contributed by atoms with van der Waals surface area (Å²) in [7, 11) is -4.00. The predicted octanol–water partition coefficient (Wildman–Crippen LogP) is 6.56. The van der Waals surface area contributed by atoms with Crippen molar-refractivity contribution >= 4 is 33.2 Å². The molecule has 7 rings (SSSR count). The fraction of sp³-hybridized carbons (Fsp3) is 0.474. The van der Waals surface area contributed by atoms with Crippen LogP contribution in [-0.2, 0) is 27.5 Å². The Balaban J connectivity index is 1.37. The molecule has 1 saturated carbocycles. The number of hydrogen-bond donors (Lipinski definition) is 2. The van der Waals surface area contributed by atoms with Gasteiger partial charge in [-0.15, -0.1) is 0 Å². The van der Waals surface area contributed by atoms with E-state index in [1.165, 1.54) is 11.1 Å². The van der Waals surface area contributed by atoms with E-state index in [-0.39, 0.29) is 28.2 Å². The van der Waals surface area contributed by atoms with Gasteiger partial charge in [0, 0.05) is 53.0 Å². The molecule has 2 aromatic carbocycles. The molecule has 8 nitrogen and oxygen atoms in total. The van der Waals surface area contributed by atoms with Crippen molar-refractivity contribution in [3.8, 4) is 5.75 Å². The van der Waals surface area contributed by atoms with Gasteiger partial charge in [-0.05, 0) is 104 Å². The van der Waals surface area contributed by atoms with Crippen LogP contribution in [0.4, 0.5) is 5.69 Å². The highest BCUT2D eigenvalue weighted by Gasteiger charge is 2.55. The average Bonchev–Trinajstić information content (AvgIpc) is 3.20. The van der Waals surface area contributed by atoms with Gasteiger partial charge < -0.3 is 14.7 Å². The highest BCUT2D eigenvalue weighted by Crippen LogP contribution is 2.57. The summed E-state index contributed by atoms with van der Waals surface area (Å²) in [6.07, 6.45) is 12.2. The molecular weight excluding hydrogens is 646 g/mol. The van der Waals surface area contributed by atoms with Gasteiger partial charge in [0.1, 0.15) is 11.4 Å². The van der Waals surface area contributed by atoms with Gasteiger partial charge in [0.05, 0.1) is 17.5 Å². The summed E-state index contributed by atoms with van der Waals surface area (Å²) in [5.74, 6) is -0.458. The second-order valence-electron chi connectivity index (χ2n) is 14.9. The van der Waals surface area contributed by atoms with Gasteiger partial charge >= 0.3 is 0 Å². The summed E-state index contributed by atoms with van der Waals surface area (Å²) in [6.45, 7) is 7.42. The lowest BCUT2D eigenvalue weighted by Crippen LogP contribution is -2.57. The second-order valence-corrected chi connectivity index (χ2v) is 17.3. The van der Waals surface area contributed by atoms with Gasteiger partial charge in [-0.2, -0.15) is 0 Å². The Labute approximate surface area is 288 Å². The molecule has 1 spiro atoms. The summed E-state index contributed by atoms with van der Waals surface area (Å²) >= 11 is 6.45. The number of benzene rings is 2. The zero-order valence-electron chi connectivity index (χ0n) is 27.8. The Morgan fingerprint density at radius 3 is 2.69 bits per heavy atom. The Hall–Kier alpha value is -3.40. The molecule has 10 heteroatoms. The van der Waals surface area contributed by atoms with E-state index in [9.17, 15) is 18.3 Å². The number of allylic oxidation sites excluding steroid dienone is 1. The lowest BCUT2D eigenvalue weighted by atomic mass is 9.53. The molecular formula is C38H44ClN3O5S. The number of aliphatic hydroxyl groups is 1. The first-order valence-corrected chi connectivity index (χ1v) is 18.9. The third-order valence-electron chi connectivity index (χ3n) is 11.8. The van der Waals surface area contributed by atoms with Crippen LogP contribution in [0.1, 0.15) is 79.9 Å². The van der Waals surface area contributed by atoms with E-state index in [0.29, 0.717) is 31.9 Å². The first-order valence-electron chi connectivity index (χ1n) is 17.0. The number of fused-ring (bicyclic) bond motifs is 4. The molecule has 0 radical (unpaired) electrons. The minimum atomic E-state index is -4.00. The third-order valence-corrected chi connectivity index (χ3v) is 13.9. The van der Waals surface area contributed by atoms with E-state index in [1.807, 2.05) is 37.3 Å². The van der Waals surface area contributed by atoms with Gasteiger partial charge in [0.15, 0.2) is 0 Å². The topological polar surface area (TPSA) is 109 Å². The molecule has 2 N–H and O–H groups in total. The maximum absolute atomic E-state index is 13.6. The lowest BCUT2D eigenvalue weighted by molar-refractivity contribution is -0.0988. The molecule has 2 aliphatic carbocycles. The molecule has 48 heavy (non-hydrogen) atoms. The lowest BCUT2D eigenvalue weighted by Gasteiger charge is -2.56. The molecule has 0 saturated heterocycles. The van der Waals surface area contributed by atoms with Crippen LogP contribution in [-0.4, -0.2) is 49.4 Å². The fourth-order valence-corrected chi connectivity index (χ4v) is 10.1. The number of amides is 1. The zero-order valence-corrected chi connectivity index (χ0v) is 29.4. The zero-order chi connectivity index (χ0) is 33.9. The molecule has 254 valence electrons. The molecule has 1 aromatic heterocycles. The van der Waals surface area contributed by atoms with Crippen molar-refractivity contribution in [2.24, 2.45) is 17.3 Å². The Kier molecular flexibility index (Phi) is 8.40. The fourth-order valence-electron chi connectivity index (χ4n) is 8.65. The Bertz CT molecular complexity index is 1870. The molecule has 2 bridgehead atoms. The van der Waals surface area contributed by atoms with Crippen molar-refractivity contribution in [1.82, 2.24) is 9.71 Å². The number of ether oxygens (including phenoxy) is 1. The number of halogens is 1. The number of nitrogens with one attached hydrogen (secondary N) is 1. The minimum Gasteiger partial charge on any atom is -0.490 e. The number of aryl methyl sites for hydroxylation is 1. The number of anilines is 1. The predicted molar refractivity (Wildman–Crippen MR) is 188 cm³/mol. The van der Waals surface area contributed by atoms with Gasteiger partial charge in [0.2, 0.25) is 10.0 Å². The number of carbonyl (C=O) groups excluding carboxylic acids is 1.